The Hall–Kier alpha value is -3.09. The number of ketones is 1. The minimum absolute atomic E-state index is 0.164. The maximum absolute atomic E-state index is 12.6. The number of carbonyl (C=O) groups excluding carboxylic acids is 1. The number of carboxylic acids is 1. The molecule has 0 unspecified atom stereocenters. The molecule has 0 bridgehead atoms. The molecule has 25 heavy (non-hydrogen) atoms. The van der Waals surface area contributed by atoms with Gasteiger partial charge < -0.3 is 18.5 Å². The highest BCUT2D eigenvalue weighted by Gasteiger charge is 2.19. The molecule has 0 aliphatic heterocycles. The molecule has 0 saturated heterocycles. The standard InChI is InChI=1S/C18H18N2O5/c21-16(22)6-2-1-3-8-20-9-7-19-18(20)17(23)15-11-13(12-25-15)14-5-4-10-24-14/h4-5,7,9-12H,1-3,6,8H2,(H,21,22). The second-order valence-corrected chi connectivity index (χ2v) is 5.65. The molecule has 0 aliphatic rings. The van der Waals surface area contributed by atoms with Gasteiger partial charge in [-0.2, -0.15) is 0 Å². The van der Waals surface area contributed by atoms with E-state index < -0.39 is 5.97 Å². The van der Waals surface area contributed by atoms with Gasteiger partial charge in [-0.1, -0.05) is 6.42 Å². The number of furan rings is 2. The van der Waals surface area contributed by atoms with Crippen molar-refractivity contribution in [3.63, 3.8) is 0 Å². The molecule has 1 N–H and O–H groups in total. The number of hydrogen-bond acceptors (Lipinski definition) is 5. The third-order valence-corrected chi connectivity index (χ3v) is 3.84. The van der Waals surface area contributed by atoms with Crippen LogP contribution in [0.4, 0.5) is 0 Å². The van der Waals surface area contributed by atoms with Crippen LogP contribution in [-0.4, -0.2) is 26.4 Å². The summed E-state index contributed by atoms with van der Waals surface area (Å²) in [6.45, 7) is 0.604. The summed E-state index contributed by atoms with van der Waals surface area (Å²) in [5.74, 6) is 0.0462. The number of aromatic nitrogens is 2. The third kappa shape index (κ3) is 4.06. The van der Waals surface area contributed by atoms with Gasteiger partial charge in [0.1, 0.15) is 12.0 Å². The first kappa shape index (κ1) is 16.8. The predicted octanol–water partition coefficient (Wildman–Crippen LogP) is 3.61. The second kappa shape index (κ2) is 7.65. The molecule has 3 aromatic rings. The summed E-state index contributed by atoms with van der Waals surface area (Å²) in [4.78, 5) is 27.2. The molecule has 130 valence electrons. The highest BCUT2D eigenvalue weighted by molar-refractivity contribution is 6.05. The highest BCUT2D eigenvalue weighted by atomic mass is 16.4. The van der Waals surface area contributed by atoms with E-state index >= 15 is 0 Å². The highest BCUT2D eigenvalue weighted by Crippen LogP contribution is 2.23. The molecule has 7 heteroatoms. The van der Waals surface area contributed by atoms with E-state index in [0.29, 0.717) is 30.1 Å². The maximum atomic E-state index is 12.6. The Morgan fingerprint density at radius 1 is 1.20 bits per heavy atom. The zero-order chi connectivity index (χ0) is 17.6. The predicted molar refractivity (Wildman–Crippen MR) is 88.2 cm³/mol. The van der Waals surface area contributed by atoms with Crippen LogP contribution in [0.1, 0.15) is 42.1 Å². The lowest BCUT2D eigenvalue weighted by atomic mass is 10.2. The Morgan fingerprint density at radius 3 is 2.84 bits per heavy atom. The third-order valence-electron chi connectivity index (χ3n) is 3.84. The van der Waals surface area contributed by atoms with Crippen molar-refractivity contribution in [2.24, 2.45) is 0 Å². The fourth-order valence-electron chi connectivity index (χ4n) is 2.57. The van der Waals surface area contributed by atoms with Gasteiger partial charge in [-0.25, -0.2) is 4.98 Å². The van der Waals surface area contributed by atoms with E-state index in [1.165, 1.54) is 6.26 Å². The van der Waals surface area contributed by atoms with E-state index in [2.05, 4.69) is 4.98 Å². The van der Waals surface area contributed by atoms with Gasteiger partial charge in [0.2, 0.25) is 0 Å². The topological polar surface area (TPSA) is 98.5 Å². The summed E-state index contributed by atoms with van der Waals surface area (Å²) in [7, 11) is 0. The summed E-state index contributed by atoms with van der Waals surface area (Å²) in [6.07, 6.45) is 8.69. The van der Waals surface area contributed by atoms with E-state index in [1.54, 1.807) is 41.4 Å². The van der Waals surface area contributed by atoms with E-state index in [0.717, 1.165) is 12.8 Å². The van der Waals surface area contributed by atoms with Gasteiger partial charge in [-0.15, -0.1) is 0 Å². The average Bonchev–Trinajstić information content (AvgIpc) is 3.33. The number of aryl methyl sites for hydroxylation is 1. The van der Waals surface area contributed by atoms with Gasteiger partial charge in [-0.05, 0) is 31.0 Å². The van der Waals surface area contributed by atoms with Gasteiger partial charge >= 0.3 is 5.97 Å². The molecule has 0 radical (unpaired) electrons. The number of aliphatic carboxylic acids is 1. The second-order valence-electron chi connectivity index (χ2n) is 5.65. The summed E-state index contributed by atoms with van der Waals surface area (Å²) in [6, 6.07) is 5.19. The van der Waals surface area contributed by atoms with Crippen molar-refractivity contribution in [3.8, 4) is 11.3 Å². The van der Waals surface area contributed by atoms with Crippen molar-refractivity contribution in [1.82, 2.24) is 9.55 Å². The summed E-state index contributed by atoms with van der Waals surface area (Å²) >= 11 is 0. The molecule has 7 nitrogen and oxygen atoms in total. The van der Waals surface area contributed by atoms with Gasteiger partial charge in [0.25, 0.3) is 5.78 Å². The molecule has 0 fully saturated rings. The van der Waals surface area contributed by atoms with Gasteiger partial charge in [0.05, 0.1) is 11.8 Å². The quantitative estimate of drug-likeness (QED) is 0.471. The molecule has 0 atom stereocenters. The van der Waals surface area contributed by atoms with Crippen LogP contribution in [0.5, 0.6) is 0 Å². The molecular formula is C18H18N2O5. The van der Waals surface area contributed by atoms with Crippen molar-refractivity contribution in [2.75, 3.05) is 0 Å². The van der Waals surface area contributed by atoms with Crippen molar-refractivity contribution < 1.29 is 23.5 Å². The van der Waals surface area contributed by atoms with Crippen LogP contribution in [0.3, 0.4) is 0 Å². The van der Waals surface area contributed by atoms with Crippen molar-refractivity contribution in [1.29, 1.82) is 0 Å². The number of unbranched alkanes of at least 4 members (excludes halogenated alkanes) is 2. The first-order valence-corrected chi connectivity index (χ1v) is 8.05. The Kier molecular flexibility index (Phi) is 5.13. The molecule has 0 aromatic carbocycles. The van der Waals surface area contributed by atoms with Crippen LogP contribution in [0.25, 0.3) is 11.3 Å². The molecule has 0 saturated carbocycles. The first-order chi connectivity index (χ1) is 12.1. The summed E-state index contributed by atoms with van der Waals surface area (Å²) in [5.41, 5.74) is 0.695. The minimum Gasteiger partial charge on any atom is -0.481 e. The Balaban J connectivity index is 1.63. The van der Waals surface area contributed by atoms with Crippen LogP contribution >= 0.6 is 0 Å². The van der Waals surface area contributed by atoms with Crippen LogP contribution in [-0.2, 0) is 11.3 Å². The van der Waals surface area contributed by atoms with Crippen molar-refractivity contribution in [3.05, 3.63) is 54.7 Å². The number of nitrogens with zero attached hydrogens (tertiary/aromatic N) is 2. The number of carbonyl (C=O) groups is 2. The average molecular weight is 342 g/mol. The maximum Gasteiger partial charge on any atom is 0.303 e. The fraction of sp³-hybridized carbons (Fsp3) is 0.278. The Bertz CT molecular complexity index is 845. The molecule has 0 amide bonds. The number of imidazole rings is 1. The zero-order valence-electron chi connectivity index (χ0n) is 13.6. The fourth-order valence-corrected chi connectivity index (χ4v) is 2.57. The van der Waals surface area contributed by atoms with Crippen LogP contribution in [0.15, 0.2) is 52.0 Å². The first-order valence-electron chi connectivity index (χ1n) is 8.05. The van der Waals surface area contributed by atoms with E-state index in [1.807, 2.05) is 0 Å². The van der Waals surface area contributed by atoms with E-state index in [-0.39, 0.29) is 18.0 Å². The molecule has 0 aliphatic carbocycles. The minimum atomic E-state index is -0.788. The lowest BCUT2D eigenvalue weighted by Crippen LogP contribution is -2.11. The number of rotatable bonds is 9. The molecule has 0 spiro atoms. The smallest absolute Gasteiger partial charge is 0.303 e. The van der Waals surface area contributed by atoms with E-state index in [9.17, 15) is 9.59 Å². The van der Waals surface area contributed by atoms with Crippen molar-refractivity contribution in [2.45, 2.75) is 32.2 Å². The Morgan fingerprint density at radius 2 is 2.08 bits per heavy atom. The largest absolute Gasteiger partial charge is 0.481 e. The van der Waals surface area contributed by atoms with Crippen LogP contribution in [0.2, 0.25) is 0 Å². The number of hydrogen-bond donors (Lipinski definition) is 1. The normalized spacial score (nSPS) is 10.9. The summed E-state index contributed by atoms with van der Waals surface area (Å²) in [5, 5.41) is 8.63. The SMILES string of the molecule is O=C(O)CCCCCn1ccnc1C(=O)c1cc(-c2ccco2)co1. The Labute approximate surface area is 143 Å². The van der Waals surface area contributed by atoms with Gasteiger partial charge in [-0.3, -0.25) is 9.59 Å². The molecular weight excluding hydrogens is 324 g/mol. The van der Waals surface area contributed by atoms with Gasteiger partial charge in [0, 0.05) is 25.4 Å². The monoisotopic (exact) mass is 342 g/mol. The number of carboxylic acid groups (broad SMARTS) is 1. The van der Waals surface area contributed by atoms with Crippen LogP contribution < -0.4 is 0 Å². The lowest BCUT2D eigenvalue weighted by Gasteiger charge is -2.05. The van der Waals surface area contributed by atoms with Crippen LogP contribution in [0, 0.1) is 0 Å². The lowest BCUT2D eigenvalue weighted by molar-refractivity contribution is -0.137. The molecule has 3 rings (SSSR count). The summed E-state index contributed by atoms with van der Waals surface area (Å²) < 4.78 is 12.4. The van der Waals surface area contributed by atoms with Crippen molar-refractivity contribution >= 4 is 11.8 Å². The zero-order valence-corrected chi connectivity index (χ0v) is 13.6. The van der Waals surface area contributed by atoms with Gasteiger partial charge in [0.15, 0.2) is 11.6 Å². The molecule has 3 heterocycles. The van der Waals surface area contributed by atoms with E-state index in [4.69, 9.17) is 13.9 Å². The molecule has 3 aromatic heterocycles.